The van der Waals surface area contributed by atoms with E-state index in [-0.39, 0.29) is 10.8 Å². The molecule has 7 heteroatoms. The first-order chi connectivity index (χ1) is 10.1. The summed E-state index contributed by atoms with van der Waals surface area (Å²) in [6, 6.07) is 9.05. The Hall–Kier alpha value is -2.41. The third kappa shape index (κ3) is 2.47. The van der Waals surface area contributed by atoms with Crippen molar-refractivity contribution >= 4 is 40.2 Å². The third-order valence-corrected chi connectivity index (χ3v) is 3.97. The Morgan fingerprint density at radius 3 is 2.57 bits per heavy atom. The number of rotatable bonds is 2. The van der Waals surface area contributed by atoms with Crippen LogP contribution in [-0.2, 0) is 9.59 Å². The van der Waals surface area contributed by atoms with Crippen molar-refractivity contribution in [3.05, 3.63) is 41.3 Å². The maximum absolute atomic E-state index is 12.4. The quantitative estimate of drug-likeness (QED) is 0.846. The number of para-hydroxylation sites is 1. The minimum absolute atomic E-state index is 0.237. The molecule has 6 nitrogen and oxygen atoms in total. The molecule has 1 aromatic rings. The summed E-state index contributed by atoms with van der Waals surface area (Å²) in [5.41, 5.74) is 1.26. The van der Waals surface area contributed by atoms with E-state index in [1.807, 2.05) is 18.2 Å². The van der Waals surface area contributed by atoms with Crippen molar-refractivity contribution in [2.45, 2.75) is 6.92 Å². The Morgan fingerprint density at radius 1 is 1.24 bits per heavy atom. The second-order valence-corrected chi connectivity index (χ2v) is 5.59. The monoisotopic (exact) mass is 301 g/mol. The van der Waals surface area contributed by atoms with Gasteiger partial charge in [0.25, 0.3) is 17.1 Å². The summed E-state index contributed by atoms with van der Waals surface area (Å²) >= 11 is 0.797. The van der Waals surface area contributed by atoms with Gasteiger partial charge in [-0.25, -0.2) is 0 Å². The summed E-state index contributed by atoms with van der Waals surface area (Å²) in [4.78, 5) is 35.4. The van der Waals surface area contributed by atoms with Gasteiger partial charge in [0.05, 0.1) is 22.2 Å². The van der Waals surface area contributed by atoms with Gasteiger partial charge in [-0.15, -0.1) is 0 Å². The summed E-state index contributed by atoms with van der Waals surface area (Å²) in [7, 11) is 0. The molecule has 0 aromatic heterocycles. The van der Waals surface area contributed by atoms with Crippen LogP contribution in [-0.4, -0.2) is 22.8 Å². The average Bonchev–Trinajstić information content (AvgIpc) is 2.93. The van der Waals surface area contributed by atoms with E-state index in [1.165, 1.54) is 11.1 Å². The second kappa shape index (κ2) is 5.17. The fourth-order valence-corrected chi connectivity index (χ4v) is 2.80. The average molecular weight is 301 g/mol. The number of imide groups is 1. The van der Waals surface area contributed by atoms with Gasteiger partial charge in [0.1, 0.15) is 0 Å². The molecule has 0 radical (unpaired) electrons. The van der Waals surface area contributed by atoms with Crippen LogP contribution in [0.15, 0.2) is 46.4 Å². The molecule has 1 aromatic carbocycles. The van der Waals surface area contributed by atoms with Gasteiger partial charge in [-0.05, 0) is 36.9 Å². The summed E-state index contributed by atoms with van der Waals surface area (Å²) in [5, 5.41) is 7.29. The van der Waals surface area contributed by atoms with Gasteiger partial charge in [-0.3, -0.25) is 19.7 Å². The normalized spacial score (nSPS) is 23.8. The highest BCUT2D eigenvalue weighted by atomic mass is 32.2. The molecule has 1 N–H and O–H groups in total. The number of hydrogen-bond acceptors (Lipinski definition) is 5. The van der Waals surface area contributed by atoms with Gasteiger partial charge in [-0.1, -0.05) is 18.2 Å². The van der Waals surface area contributed by atoms with Crippen LogP contribution in [0.4, 0.5) is 10.5 Å². The van der Waals surface area contributed by atoms with Crippen molar-refractivity contribution in [3.63, 3.8) is 0 Å². The fourth-order valence-electron chi connectivity index (χ4n) is 2.11. The van der Waals surface area contributed by atoms with Crippen molar-refractivity contribution in [1.29, 1.82) is 0 Å². The van der Waals surface area contributed by atoms with Crippen LogP contribution in [0.3, 0.4) is 0 Å². The smallest absolute Gasteiger partial charge is 0.282 e. The second-order valence-electron chi connectivity index (χ2n) is 4.58. The van der Waals surface area contributed by atoms with Crippen LogP contribution in [0.2, 0.25) is 0 Å². The molecule has 1 fully saturated rings. The molecule has 2 aliphatic rings. The predicted molar refractivity (Wildman–Crippen MR) is 79.7 cm³/mol. The molecule has 0 unspecified atom stereocenters. The lowest BCUT2D eigenvalue weighted by Crippen LogP contribution is -2.26. The lowest BCUT2D eigenvalue weighted by atomic mass is 10.0. The number of hydrazone groups is 1. The van der Waals surface area contributed by atoms with Crippen LogP contribution in [0.1, 0.15) is 6.92 Å². The number of nitrogens with one attached hydrogen (secondary N) is 1. The number of thioether (sulfide) groups is 1. The largest absolute Gasteiger partial charge is 0.290 e. The van der Waals surface area contributed by atoms with E-state index in [9.17, 15) is 14.4 Å². The van der Waals surface area contributed by atoms with Gasteiger partial charge in [0, 0.05) is 0 Å². The highest BCUT2D eigenvalue weighted by Crippen LogP contribution is 2.29. The summed E-state index contributed by atoms with van der Waals surface area (Å²) in [6.07, 6.45) is 1.50. The minimum Gasteiger partial charge on any atom is -0.282 e. The van der Waals surface area contributed by atoms with Gasteiger partial charge < -0.3 is 0 Å². The number of hydrogen-bond donors (Lipinski definition) is 1. The number of carbonyl (C=O) groups is 3. The van der Waals surface area contributed by atoms with Crippen molar-refractivity contribution in [3.8, 4) is 0 Å². The Kier molecular flexibility index (Phi) is 3.34. The van der Waals surface area contributed by atoms with Crippen LogP contribution in [0, 0.1) is 5.92 Å². The van der Waals surface area contributed by atoms with E-state index >= 15 is 0 Å². The molecule has 106 valence electrons. The lowest BCUT2D eigenvalue weighted by Gasteiger charge is -2.12. The van der Waals surface area contributed by atoms with Gasteiger partial charge in [0.15, 0.2) is 0 Å². The van der Waals surface area contributed by atoms with E-state index in [0.717, 1.165) is 11.8 Å². The minimum atomic E-state index is -0.621. The molecule has 21 heavy (non-hydrogen) atoms. The first-order valence-corrected chi connectivity index (χ1v) is 7.07. The Morgan fingerprint density at radius 2 is 1.95 bits per heavy atom. The molecule has 0 spiro atoms. The van der Waals surface area contributed by atoms with Crippen molar-refractivity contribution in [2.24, 2.45) is 11.0 Å². The predicted octanol–water partition coefficient (Wildman–Crippen LogP) is 1.89. The molecule has 3 rings (SSSR count). The summed E-state index contributed by atoms with van der Waals surface area (Å²) < 4.78 is 0. The van der Waals surface area contributed by atoms with Gasteiger partial charge in [-0.2, -0.15) is 10.1 Å². The molecule has 0 aliphatic carbocycles. The maximum Gasteiger partial charge on any atom is 0.290 e. The third-order valence-electron chi connectivity index (χ3n) is 3.14. The van der Waals surface area contributed by atoms with Crippen molar-refractivity contribution in [2.75, 3.05) is 5.01 Å². The number of benzene rings is 1. The molecule has 2 aliphatic heterocycles. The number of amides is 3. The Bertz CT molecular complexity index is 697. The zero-order valence-corrected chi connectivity index (χ0v) is 11.9. The van der Waals surface area contributed by atoms with Crippen LogP contribution in [0.25, 0.3) is 0 Å². The Balaban J connectivity index is 1.88. The summed E-state index contributed by atoms with van der Waals surface area (Å²) in [5.74, 6) is -1.33. The highest BCUT2D eigenvalue weighted by molar-refractivity contribution is 8.18. The van der Waals surface area contributed by atoms with Crippen LogP contribution >= 0.6 is 11.8 Å². The topological polar surface area (TPSA) is 78.8 Å². The fraction of sp³-hybridized carbons (Fsp3) is 0.143. The molecule has 1 saturated heterocycles. The highest BCUT2D eigenvalue weighted by Gasteiger charge is 2.35. The summed E-state index contributed by atoms with van der Waals surface area (Å²) in [6.45, 7) is 1.72. The van der Waals surface area contributed by atoms with Crippen LogP contribution < -0.4 is 10.3 Å². The zero-order valence-electron chi connectivity index (χ0n) is 11.1. The SMILES string of the molecule is CC1=NN(c2ccccc2)C(=O)[C@@H]1/C=C1\SC(=O)NC1=O. The molecule has 0 bridgehead atoms. The first kappa shape index (κ1) is 13.6. The van der Waals surface area contributed by atoms with Crippen LogP contribution in [0.5, 0.6) is 0 Å². The number of carbonyl (C=O) groups excluding carboxylic acids is 3. The van der Waals surface area contributed by atoms with E-state index < -0.39 is 17.1 Å². The molecule has 2 heterocycles. The Labute approximate surface area is 124 Å². The van der Waals surface area contributed by atoms with E-state index in [2.05, 4.69) is 10.4 Å². The van der Waals surface area contributed by atoms with Crippen molar-refractivity contribution in [1.82, 2.24) is 5.32 Å². The van der Waals surface area contributed by atoms with E-state index in [0.29, 0.717) is 11.4 Å². The van der Waals surface area contributed by atoms with Gasteiger partial charge in [0.2, 0.25) is 0 Å². The first-order valence-electron chi connectivity index (χ1n) is 6.25. The zero-order chi connectivity index (χ0) is 15.0. The molecule has 0 saturated carbocycles. The molecule has 3 amide bonds. The van der Waals surface area contributed by atoms with E-state index in [4.69, 9.17) is 0 Å². The lowest BCUT2D eigenvalue weighted by molar-refractivity contribution is -0.118. The molecular formula is C14H11N3O3S. The van der Waals surface area contributed by atoms with Crippen molar-refractivity contribution < 1.29 is 14.4 Å². The standard InChI is InChI=1S/C14H11N3O3S/c1-8-10(7-11-12(18)15-14(20)21-11)13(19)17(16-8)9-5-3-2-4-6-9/h2-7,10H,1H3,(H,15,18,20)/b11-7-/t10-/m1/s1. The maximum atomic E-state index is 12.4. The van der Waals surface area contributed by atoms with E-state index in [1.54, 1.807) is 19.1 Å². The molecule has 1 atom stereocenters. The number of nitrogens with zero attached hydrogens (tertiary/aromatic N) is 2. The van der Waals surface area contributed by atoms with Gasteiger partial charge >= 0.3 is 0 Å². The number of anilines is 1. The molecular weight excluding hydrogens is 290 g/mol.